The lowest BCUT2D eigenvalue weighted by atomic mass is 10.1. The summed E-state index contributed by atoms with van der Waals surface area (Å²) in [4.78, 5) is 26.6. The third-order valence-electron chi connectivity index (χ3n) is 5.18. The fourth-order valence-corrected chi connectivity index (χ4v) is 3.87. The summed E-state index contributed by atoms with van der Waals surface area (Å²) in [5.41, 5.74) is 0.0594. The van der Waals surface area contributed by atoms with Gasteiger partial charge in [-0.25, -0.2) is 9.18 Å². The van der Waals surface area contributed by atoms with E-state index in [1.54, 1.807) is 6.92 Å². The van der Waals surface area contributed by atoms with E-state index in [-0.39, 0.29) is 18.4 Å². The maximum Gasteiger partial charge on any atom is 0.407 e. The van der Waals surface area contributed by atoms with Crippen LogP contribution in [0, 0.1) is 11.2 Å². The normalized spacial score (nSPS) is 18.6. The van der Waals surface area contributed by atoms with E-state index in [9.17, 15) is 14.0 Å². The summed E-state index contributed by atoms with van der Waals surface area (Å²) in [6.45, 7) is 4.67. The quantitative estimate of drug-likeness (QED) is 0.632. The number of esters is 1. The second-order valence-corrected chi connectivity index (χ2v) is 8.07. The molecule has 154 valence electrons. The van der Waals surface area contributed by atoms with Gasteiger partial charge in [0.05, 0.1) is 11.1 Å². The first-order chi connectivity index (χ1) is 13.3. The Labute approximate surface area is 171 Å². The maximum absolute atomic E-state index is 14.0. The molecule has 0 aromatic heterocycles. The third-order valence-corrected chi connectivity index (χ3v) is 5.77. The number of hydrogen-bond acceptors (Lipinski definition) is 5. The van der Waals surface area contributed by atoms with Crippen LogP contribution in [0.5, 0.6) is 5.75 Å². The van der Waals surface area contributed by atoms with Crippen molar-refractivity contribution in [3.63, 3.8) is 0 Å². The van der Waals surface area contributed by atoms with E-state index in [2.05, 4.69) is 20.8 Å². The molecule has 1 heterocycles. The topological polar surface area (TPSA) is 79.3 Å². The van der Waals surface area contributed by atoms with Crippen molar-refractivity contribution in [2.45, 2.75) is 26.3 Å². The lowest BCUT2D eigenvalue weighted by Gasteiger charge is -2.33. The van der Waals surface area contributed by atoms with Gasteiger partial charge in [-0.15, -0.1) is 0 Å². The number of benzene rings is 1. The van der Waals surface area contributed by atoms with Crippen LogP contribution in [-0.4, -0.2) is 66.4 Å². The molecule has 1 aliphatic heterocycles. The molecule has 2 fully saturated rings. The summed E-state index contributed by atoms with van der Waals surface area (Å²) >= 11 is 3.36. The van der Waals surface area contributed by atoms with Gasteiger partial charge in [0.1, 0.15) is 23.6 Å². The minimum atomic E-state index is -0.925. The van der Waals surface area contributed by atoms with E-state index in [1.165, 1.54) is 17.0 Å². The Balaban J connectivity index is 1.68. The Morgan fingerprint density at radius 2 is 1.93 bits per heavy atom. The van der Waals surface area contributed by atoms with Crippen molar-refractivity contribution >= 4 is 28.0 Å². The average Bonchev–Trinajstić information content (AvgIpc) is 3.43. The van der Waals surface area contributed by atoms with Gasteiger partial charge >= 0.3 is 12.1 Å². The van der Waals surface area contributed by atoms with Crippen LogP contribution < -0.4 is 4.74 Å². The van der Waals surface area contributed by atoms with E-state index in [0.29, 0.717) is 55.1 Å². The van der Waals surface area contributed by atoms with Crippen LogP contribution in [-0.2, 0) is 16.1 Å². The smallest absolute Gasteiger partial charge is 0.407 e. The molecule has 1 saturated heterocycles. The molecule has 1 amide bonds. The second-order valence-electron chi connectivity index (χ2n) is 7.21. The molecule has 0 bridgehead atoms. The Bertz CT molecular complexity index is 748. The molecule has 0 atom stereocenters. The van der Waals surface area contributed by atoms with Crippen molar-refractivity contribution in [3.05, 3.63) is 28.0 Å². The largest absolute Gasteiger partial charge is 0.491 e. The third kappa shape index (κ3) is 4.75. The first kappa shape index (κ1) is 20.9. The molecule has 9 heteroatoms. The highest BCUT2D eigenvalue weighted by Crippen LogP contribution is 2.47. The van der Waals surface area contributed by atoms with E-state index in [4.69, 9.17) is 14.6 Å². The number of nitrogens with zero attached hydrogens (tertiary/aromatic N) is 2. The fourth-order valence-electron chi connectivity index (χ4n) is 3.28. The molecule has 28 heavy (non-hydrogen) atoms. The van der Waals surface area contributed by atoms with Crippen LogP contribution in [0.2, 0.25) is 0 Å². The van der Waals surface area contributed by atoms with Crippen LogP contribution >= 0.6 is 15.9 Å². The molecular formula is C19H24BrFN2O5. The van der Waals surface area contributed by atoms with E-state index in [1.807, 2.05) is 0 Å². The van der Waals surface area contributed by atoms with Gasteiger partial charge in [-0.1, -0.05) is 0 Å². The molecule has 7 nitrogen and oxygen atoms in total. The molecule has 1 N–H and O–H groups in total. The lowest BCUT2D eigenvalue weighted by molar-refractivity contribution is -0.150. The van der Waals surface area contributed by atoms with Gasteiger partial charge in [-0.2, -0.15) is 0 Å². The minimum Gasteiger partial charge on any atom is -0.491 e. The number of carbonyl (C=O) groups is 2. The molecule has 1 aliphatic carbocycles. The first-order valence-corrected chi connectivity index (χ1v) is 10.1. The Morgan fingerprint density at radius 3 is 2.50 bits per heavy atom. The van der Waals surface area contributed by atoms with Gasteiger partial charge in [-0.05, 0) is 47.8 Å². The van der Waals surface area contributed by atoms with Crippen molar-refractivity contribution in [2.75, 3.05) is 39.4 Å². The highest BCUT2D eigenvalue weighted by atomic mass is 79.9. The maximum atomic E-state index is 14.0. The predicted octanol–water partition coefficient (Wildman–Crippen LogP) is 3.11. The number of ether oxygens (including phenoxy) is 2. The summed E-state index contributed by atoms with van der Waals surface area (Å²) in [6, 6.07) is 2.76. The zero-order chi connectivity index (χ0) is 20.3. The van der Waals surface area contributed by atoms with Crippen LogP contribution in [0.3, 0.4) is 0 Å². The number of hydrogen-bond donors (Lipinski definition) is 1. The van der Waals surface area contributed by atoms with Gasteiger partial charge in [0.15, 0.2) is 0 Å². The summed E-state index contributed by atoms with van der Waals surface area (Å²) in [7, 11) is 0. The molecular weight excluding hydrogens is 435 g/mol. The minimum absolute atomic E-state index is 0.190. The summed E-state index contributed by atoms with van der Waals surface area (Å²) in [5.74, 6) is -0.123. The van der Waals surface area contributed by atoms with Crippen molar-refractivity contribution in [1.82, 2.24) is 9.80 Å². The summed E-state index contributed by atoms with van der Waals surface area (Å²) in [6.07, 6.45) is 0.514. The fraction of sp³-hybridized carbons (Fsp3) is 0.579. The monoisotopic (exact) mass is 458 g/mol. The highest BCUT2D eigenvalue weighted by molar-refractivity contribution is 9.10. The van der Waals surface area contributed by atoms with Crippen molar-refractivity contribution in [2.24, 2.45) is 5.41 Å². The summed E-state index contributed by atoms with van der Waals surface area (Å²) < 4.78 is 25.6. The highest BCUT2D eigenvalue weighted by Gasteiger charge is 2.52. The average molecular weight is 459 g/mol. The molecule has 1 aromatic rings. The molecule has 0 unspecified atom stereocenters. The van der Waals surface area contributed by atoms with E-state index < -0.39 is 11.5 Å². The predicted molar refractivity (Wildman–Crippen MR) is 103 cm³/mol. The number of carboxylic acid groups (broad SMARTS) is 1. The SMILES string of the molecule is CCOC(=O)C1(COc2c(Br)cc(F)cc2CN2CCN(C(=O)O)CC2)CC1. The van der Waals surface area contributed by atoms with Crippen LogP contribution in [0.4, 0.5) is 9.18 Å². The number of rotatable bonds is 7. The second kappa shape index (κ2) is 8.65. The Hall–Kier alpha value is -1.87. The van der Waals surface area contributed by atoms with Gasteiger partial charge in [0.2, 0.25) is 0 Å². The van der Waals surface area contributed by atoms with Crippen molar-refractivity contribution in [1.29, 1.82) is 0 Å². The van der Waals surface area contributed by atoms with Gasteiger partial charge in [0.25, 0.3) is 0 Å². The Morgan fingerprint density at radius 1 is 1.25 bits per heavy atom. The number of piperazine rings is 1. The number of amides is 1. The summed E-state index contributed by atoms with van der Waals surface area (Å²) in [5, 5.41) is 9.06. The van der Waals surface area contributed by atoms with Gasteiger partial charge in [0, 0.05) is 38.3 Å². The van der Waals surface area contributed by atoms with Crippen LogP contribution in [0.15, 0.2) is 16.6 Å². The number of carbonyl (C=O) groups excluding carboxylic acids is 1. The molecule has 3 rings (SSSR count). The molecule has 0 spiro atoms. The Kier molecular flexibility index (Phi) is 6.44. The van der Waals surface area contributed by atoms with Gasteiger partial charge < -0.3 is 19.5 Å². The zero-order valence-corrected chi connectivity index (χ0v) is 17.3. The van der Waals surface area contributed by atoms with Gasteiger partial charge in [-0.3, -0.25) is 9.69 Å². The molecule has 2 aliphatic rings. The van der Waals surface area contributed by atoms with E-state index in [0.717, 1.165) is 12.8 Å². The van der Waals surface area contributed by atoms with Crippen LogP contribution in [0.25, 0.3) is 0 Å². The number of halogens is 2. The van der Waals surface area contributed by atoms with E-state index >= 15 is 0 Å². The lowest BCUT2D eigenvalue weighted by Crippen LogP contribution is -2.47. The van der Waals surface area contributed by atoms with Crippen LogP contribution in [0.1, 0.15) is 25.3 Å². The van der Waals surface area contributed by atoms with Crippen molar-refractivity contribution < 1.29 is 28.6 Å². The standard InChI is InChI=1S/C19H24BrFN2O5/c1-2-27-17(24)19(3-4-19)12-28-16-13(9-14(21)10-15(16)20)11-22-5-7-23(8-6-22)18(25)26/h9-10H,2-8,11-12H2,1H3,(H,25,26). The first-order valence-electron chi connectivity index (χ1n) is 9.33. The molecule has 1 aromatic carbocycles. The molecule has 1 saturated carbocycles. The van der Waals surface area contributed by atoms with Crippen molar-refractivity contribution in [3.8, 4) is 5.75 Å². The zero-order valence-electron chi connectivity index (χ0n) is 15.7. The molecule has 0 radical (unpaired) electrons.